The number of aryl methyl sites for hydroxylation is 1. The number of ether oxygens (including phenoxy) is 1. The van der Waals surface area contributed by atoms with E-state index in [0.29, 0.717) is 18.8 Å². The number of carbonyl (C=O) groups is 1. The van der Waals surface area contributed by atoms with Crippen LogP contribution in [0.3, 0.4) is 0 Å². The molecular formula is C23H28N6O2. The molecule has 2 N–H and O–H groups in total. The molecule has 0 spiro atoms. The number of nitrogens with one attached hydrogen (secondary N) is 2. The minimum absolute atomic E-state index is 0.0809. The highest BCUT2D eigenvalue weighted by Gasteiger charge is 2.29. The number of hydrogen-bond acceptors (Lipinski definition) is 6. The Hall–Kier alpha value is -3.13. The standard InChI is InChI=1S/C23H28N6O2/c1-15(17-11-21(30)25-13-17)31-23-22-20(26-14-28(22)2)12-19(27-23)16-3-5-18(6-4-16)29-9-7-24-8-10-29/h3-6,12,14-15,17,24H,7-11,13H2,1-2H3,(H,25,30). The summed E-state index contributed by atoms with van der Waals surface area (Å²) in [5.41, 5.74) is 4.81. The average Bonchev–Trinajstić information content (AvgIpc) is 3.40. The van der Waals surface area contributed by atoms with Gasteiger partial charge in [-0.25, -0.2) is 9.97 Å². The van der Waals surface area contributed by atoms with E-state index >= 15 is 0 Å². The smallest absolute Gasteiger partial charge is 0.241 e. The van der Waals surface area contributed by atoms with Crippen LogP contribution in [-0.2, 0) is 11.8 Å². The summed E-state index contributed by atoms with van der Waals surface area (Å²) in [7, 11) is 1.94. The second-order valence-electron chi connectivity index (χ2n) is 8.41. The van der Waals surface area contributed by atoms with Gasteiger partial charge in [-0.3, -0.25) is 4.79 Å². The van der Waals surface area contributed by atoms with Gasteiger partial charge in [0.15, 0.2) is 0 Å². The number of nitrogens with zero attached hydrogens (tertiary/aromatic N) is 4. The maximum absolute atomic E-state index is 11.6. The van der Waals surface area contributed by atoms with Crippen LogP contribution in [0.1, 0.15) is 13.3 Å². The maximum atomic E-state index is 11.6. The molecule has 2 unspecified atom stereocenters. The summed E-state index contributed by atoms with van der Waals surface area (Å²) in [6.45, 7) is 6.71. The molecule has 0 saturated carbocycles. The zero-order valence-electron chi connectivity index (χ0n) is 18.0. The fraction of sp³-hybridized carbons (Fsp3) is 0.435. The minimum Gasteiger partial charge on any atom is -0.473 e. The van der Waals surface area contributed by atoms with Gasteiger partial charge in [0.1, 0.15) is 11.6 Å². The number of hydrogen-bond donors (Lipinski definition) is 2. The Bertz CT molecular complexity index is 1090. The van der Waals surface area contributed by atoms with Crippen LogP contribution in [0.25, 0.3) is 22.3 Å². The average molecular weight is 421 g/mol. The first kappa shape index (κ1) is 19.8. The molecule has 2 aliphatic rings. The van der Waals surface area contributed by atoms with Crippen molar-refractivity contribution < 1.29 is 9.53 Å². The van der Waals surface area contributed by atoms with E-state index in [0.717, 1.165) is 48.5 Å². The van der Waals surface area contributed by atoms with Gasteiger partial charge in [-0.2, -0.15) is 0 Å². The Kier molecular flexibility index (Phi) is 5.23. The molecule has 1 aromatic carbocycles. The van der Waals surface area contributed by atoms with Crippen molar-refractivity contribution >= 4 is 22.6 Å². The molecule has 2 saturated heterocycles. The van der Waals surface area contributed by atoms with Crippen molar-refractivity contribution in [2.75, 3.05) is 37.6 Å². The van der Waals surface area contributed by atoms with Gasteiger partial charge in [0.05, 0.1) is 17.5 Å². The van der Waals surface area contributed by atoms with Crippen LogP contribution in [0, 0.1) is 5.92 Å². The number of piperazine rings is 1. The predicted molar refractivity (Wildman–Crippen MR) is 120 cm³/mol. The van der Waals surface area contributed by atoms with E-state index in [1.54, 1.807) is 6.33 Å². The van der Waals surface area contributed by atoms with E-state index in [1.807, 2.05) is 24.6 Å². The van der Waals surface area contributed by atoms with Crippen LogP contribution in [0.4, 0.5) is 5.69 Å². The Balaban J connectivity index is 1.44. The van der Waals surface area contributed by atoms with Gasteiger partial charge >= 0.3 is 0 Å². The number of aromatic nitrogens is 3. The Morgan fingerprint density at radius 2 is 1.97 bits per heavy atom. The third-order valence-electron chi connectivity index (χ3n) is 6.28. The van der Waals surface area contributed by atoms with Crippen molar-refractivity contribution in [2.45, 2.75) is 19.4 Å². The molecule has 1 amide bonds. The number of rotatable bonds is 5. The molecule has 2 aromatic heterocycles. The Morgan fingerprint density at radius 3 is 2.68 bits per heavy atom. The van der Waals surface area contributed by atoms with Gasteiger partial charge in [-0.05, 0) is 25.1 Å². The van der Waals surface area contributed by atoms with Gasteiger partial charge < -0.3 is 24.8 Å². The summed E-state index contributed by atoms with van der Waals surface area (Å²) in [5, 5.41) is 6.27. The van der Waals surface area contributed by atoms with E-state index in [2.05, 4.69) is 44.8 Å². The molecule has 4 heterocycles. The van der Waals surface area contributed by atoms with Crippen LogP contribution in [-0.4, -0.2) is 59.3 Å². The van der Waals surface area contributed by atoms with Crippen molar-refractivity contribution in [2.24, 2.45) is 13.0 Å². The van der Waals surface area contributed by atoms with E-state index < -0.39 is 0 Å². The zero-order chi connectivity index (χ0) is 21.4. The predicted octanol–water partition coefficient (Wildman–Crippen LogP) is 1.95. The molecule has 0 bridgehead atoms. The first-order valence-electron chi connectivity index (χ1n) is 10.9. The second kappa shape index (κ2) is 8.19. The summed E-state index contributed by atoms with van der Waals surface area (Å²) >= 11 is 0. The molecule has 162 valence electrons. The van der Waals surface area contributed by atoms with Gasteiger partial charge in [-0.15, -0.1) is 0 Å². The molecule has 2 aliphatic heterocycles. The molecule has 5 rings (SSSR count). The van der Waals surface area contributed by atoms with Gasteiger partial charge in [0.2, 0.25) is 11.8 Å². The van der Waals surface area contributed by atoms with Crippen LogP contribution in [0.15, 0.2) is 36.7 Å². The lowest BCUT2D eigenvalue weighted by molar-refractivity contribution is -0.119. The quantitative estimate of drug-likeness (QED) is 0.656. The highest BCUT2D eigenvalue weighted by Crippen LogP contribution is 2.31. The summed E-state index contributed by atoms with van der Waals surface area (Å²) < 4.78 is 8.23. The summed E-state index contributed by atoms with van der Waals surface area (Å²) in [5.74, 6) is 0.780. The number of pyridine rings is 1. The van der Waals surface area contributed by atoms with E-state index in [4.69, 9.17) is 9.72 Å². The Morgan fingerprint density at radius 1 is 1.19 bits per heavy atom. The van der Waals surface area contributed by atoms with Crippen LogP contribution in [0.5, 0.6) is 5.88 Å². The third-order valence-corrected chi connectivity index (χ3v) is 6.28. The number of amides is 1. The molecule has 2 fully saturated rings. The molecule has 8 heteroatoms. The lowest BCUT2D eigenvalue weighted by atomic mass is 10.0. The van der Waals surface area contributed by atoms with E-state index in [1.165, 1.54) is 5.69 Å². The lowest BCUT2D eigenvalue weighted by Gasteiger charge is -2.29. The van der Waals surface area contributed by atoms with Crippen LogP contribution in [0.2, 0.25) is 0 Å². The zero-order valence-corrected chi connectivity index (χ0v) is 18.0. The molecule has 2 atom stereocenters. The molecule has 0 aliphatic carbocycles. The number of benzene rings is 1. The monoisotopic (exact) mass is 420 g/mol. The van der Waals surface area contributed by atoms with Gasteiger partial charge in [0.25, 0.3) is 0 Å². The molecular weight excluding hydrogens is 392 g/mol. The van der Waals surface area contributed by atoms with Crippen LogP contribution >= 0.6 is 0 Å². The topological polar surface area (TPSA) is 84.3 Å². The molecule has 3 aromatic rings. The highest BCUT2D eigenvalue weighted by molar-refractivity contribution is 5.84. The highest BCUT2D eigenvalue weighted by atomic mass is 16.5. The number of imidazole rings is 1. The van der Waals surface area contributed by atoms with Crippen molar-refractivity contribution in [1.29, 1.82) is 0 Å². The maximum Gasteiger partial charge on any atom is 0.241 e. The van der Waals surface area contributed by atoms with Crippen LogP contribution < -0.4 is 20.3 Å². The summed E-state index contributed by atoms with van der Waals surface area (Å²) in [6, 6.07) is 10.5. The van der Waals surface area contributed by atoms with Crippen molar-refractivity contribution in [3.05, 3.63) is 36.7 Å². The molecule has 31 heavy (non-hydrogen) atoms. The number of fused-ring (bicyclic) bond motifs is 1. The largest absolute Gasteiger partial charge is 0.473 e. The number of anilines is 1. The van der Waals surface area contributed by atoms with Gasteiger partial charge in [0, 0.05) is 63.4 Å². The summed E-state index contributed by atoms with van der Waals surface area (Å²) in [4.78, 5) is 23.4. The van der Waals surface area contributed by atoms with E-state index in [-0.39, 0.29) is 17.9 Å². The minimum atomic E-state index is -0.130. The molecule has 8 nitrogen and oxygen atoms in total. The van der Waals surface area contributed by atoms with Gasteiger partial charge in [-0.1, -0.05) is 12.1 Å². The third kappa shape index (κ3) is 3.95. The fourth-order valence-electron chi connectivity index (χ4n) is 4.37. The molecule has 0 radical (unpaired) electrons. The SMILES string of the molecule is CC(Oc1nc(-c2ccc(N3CCNCC3)cc2)cc2ncn(C)c12)C1CNC(=O)C1. The van der Waals surface area contributed by atoms with Crippen molar-refractivity contribution in [3.63, 3.8) is 0 Å². The fourth-order valence-corrected chi connectivity index (χ4v) is 4.37. The Labute approximate surface area is 181 Å². The normalized spacial score (nSPS) is 20.1. The van der Waals surface area contributed by atoms with Crippen molar-refractivity contribution in [1.82, 2.24) is 25.2 Å². The van der Waals surface area contributed by atoms with Crippen molar-refractivity contribution in [3.8, 4) is 17.1 Å². The number of carbonyl (C=O) groups excluding carboxylic acids is 1. The lowest BCUT2D eigenvalue weighted by Crippen LogP contribution is -2.43. The second-order valence-corrected chi connectivity index (χ2v) is 8.41. The van der Waals surface area contributed by atoms with E-state index in [9.17, 15) is 4.79 Å². The summed E-state index contributed by atoms with van der Waals surface area (Å²) in [6.07, 6.45) is 2.14. The first-order chi connectivity index (χ1) is 15.1. The first-order valence-corrected chi connectivity index (χ1v) is 10.9.